The quantitative estimate of drug-likeness (QED) is 0.832. The summed E-state index contributed by atoms with van der Waals surface area (Å²) in [6, 6.07) is 0. The maximum absolute atomic E-state index is 11.5. The predicted molar refractivity (Wildman–Crippen MR) is 80.0 cm³/mol. The van der Waals surface area contributed by atoms with E-state index in [1.54, 1.807) is 4.31 Å². The molecule has 0 aromatic heterocycles. The zero-order valence-electron chi connectivity index (χ0n) is 12.7. The molecule has 1 N–H and O–H groups in total. The van der Waals surface area contributed by atoms with Crippen molar-refractivity contribution in [1.29, 1.82) is 0 Å². The molecular formula is C14H28N2O3S. The van der Waals surface area contributed by atoms with Crippen LogP contribution in [0.3, 0.4) is 0 Å². The molecule has 20 heavy (non-hydrogen) atoms. The summed E-state index contributed by atoms with van der Waals surface area (Å²) in [7, 11) is -3.05. The molecule has 1 saturated carbocycles. The van der Waals surface area contributed by atoms with Gasteiger partial charge in [0, 0.05) is 32.7 Å². The summed E-state index contributed by atoms with van der Waals surface area (Å²) in [6.07, 6.45) is 5.49. The van der Waals surface area contributed by atoms with E-state index in [0.717, 1.165) is 44.8 Å². The highest BCUT2D eigenvalue weighted by Gasteiger charge is 2.31. The molecule has 1 heterocycles. The van der Waals surface area contributed by atoms with Crippen LogP contribution in [-0.4, -0.2) is 67.8 Å². The van der Waals surface area contributed by atoms with Crippen molar-refractivity contribution >= 4 is 10.0 Å². The molecular weight excluding hydrogens is 276 g/mol. The number of nitrogens with zero attached hydrogens (tertiary/aromatic N) is 2. The summed E-state index contributed by atoms with van der Waals surface area (Å²) >= 11 is 0. The van der Waals surface area contributed by atoms with E-state index in [1.807, 2.05) is 0 Å². The molecule has 3 unspecified atom stereocenters. The number of aliphatic hydroxyl groups excluding tert-OH is 1. The van der Waals surface area contributed by atoms with Gasteiger partial charge in [0.15, 0.2) is 0 Å². The SMILES string of the molecule is CCC1CCC(O)C(CN2CCN(S(C)(=O)=O)CC2)C1. The number of aliphatic hydroxyl groups is 1. The van der Waals surface area contributed by atoms with Crippen molar-refractivity contribution in [3.05, 3.63) is 0 Å². The Kier molecular flexibility index (Phi) is 5.45. The maximum atomic E-state index is 11.5. The Hall–Kier alpha value is -0.170. The number of rotatable bonds is 4. The minimum Gasteiger partial charge on any atom is -0.393 e. The topological polar surface area (TPSA) is 60.9 Å². The molecule has 0 aromatic carbocycles. The van der Waals surface area contributed by atoms with Gasteiger partial charge in [0.1, 0.15) is 0 Å². The monoisotopic (exact) mass is 304 g/mol. The van der Waals surface area contributed by atoms with E-state index in [0.29, 0.717) is 19.0 Å². The lowest BCUT2D eigenvalue weighted by Gasteiger charge is -2.39. The molecule has 118 valence electrons. The molecule has 1 saturated heterocycles. The van der Waals surface area contributed by atoms with Gasteiger partial charge in [-0.15, -0.1) is 0 Å². The molecule has 2 rings (SSSR count). The van der Waals surface area contributed by atoms with Crippen molar-refractivity contribution in [2.45, 2.75) is 38.7 Å². The molecule has 0 amide bonds. The van der Waals surface area contributed by atoms with Crippen molar-refractivity contribution < 1.29 is 13.5 Å². The fourth-order valence-corrected chi connectivity index (χ4v) is 4.31. The minimum absolute atomic E-state index is 0.175. The Morgan fingerprint density at radius 2 is 1.80 bits per heavy atom. The summed E-state index contributed by atoms with van der Waals surface area (Å²) in [4.78, 5) is 2.31. The van der Waals surface area contributed by atoms with Crippen LogP contribution in [0, 0.1) is 11.8 Å². The van der Waals surface area contributed by atoms with E-state index in [9.17, 15) is 13.5 Å². The summed E-state index contributed by atoms with van der Waals surface area (Å²) in [5.41, 5.74) is 0. The number of hydrogen-bond acceptors (Lipinski definition) is 4. The van der Waals surface area contributed by atoms with Crippen LogP contribution < -0.4 is 0 Å². The zero-order valence-corrected chi connectivity index (χ0v) is 13.5. The summed E-state index contributed by atoms with van der Waals surface area (Å²) in [5, 5.41) is 10.2. The fourth-order valence-electron chi connectivity index (χ4n) is 3.49. The lowest BCUT2D eigenvalue weighted by molar-refractivity contribution is 0.0213. The Bertz CT molecular complexity index is 405. The lowest BCUT2D eigenvalue weighted by Crippen LogP contribution is -2.50. The highest BCUT2D eigenvalue weighted by Crippen LogP contribution is 2.32. The average molecular weight is 304 g/mol. The van der Waals surface area contributed by atoms with Gasteiger partial charge in [-0.25, -0.2) is 8.42 Å². The van der Waals surface area contributed by atoms with Gasteiger partial charge in [-0.1, -0.05) is 13.3 Å². The van der Waals surface area contributed by atoms with Gasteiger partial charge in [0.05, 0.1) is 12.4 Å². The van der Waals surface area contributed by atoms with Crippen LogP contribution in [0.25, 0.3) is 0 Å². The third-order valence-corrected chi connectivity index (χ3v) is 6.22. The Balaban J connectivity index is 1.82. The molecule has 0 aromatic rings. The Labute approximate surface area is 123 Å². The second-order valence-electron chi connectivity index (χ2n) is 6.38. The minimum atomic E-state index is -3.05. The summed E-state index contributed by atoms with van der Waals surface area (Å²) < 4.78 is 24.5. The highest BCUT2D eigenvalue weighted by atomic mass is 32.2. The normalized spacial score (nSPS) is 34.2. The molecule has 2 aliphatic rings. The van der Waals surface area contributed by atoms with Crippen molar-refractivity contribution in [2.24, 2.45) is 11.8 Å². The van der Waals surface area contributed by atoms with Crippen LogP contribution in [0.1, 0.15) is 32.6 Å². The molecule has 6 heteroatoms. The third-order valence-electron chi connectivity index (χ3n) is 4.92. The van der Waals surface area contributed by atoms with Gasteiger partial charge in [0.25, 0.3) is 0 Å². The van der Waals surface area contributed by atoms with Crippen LogP contribution in [-0.2, 0) is 10.0 Å². The predicted octanol–water partition coefficient (Wildman–Crippen LogP) is 0.751. The van der Waals surface area contributed by atoms with E-state index in [4.69, 9.17) is 0 Å². The van der Waals surface area contributed by atoms with Crippen LogP contribution in [0.2, 0.25) is 0 Å². The van der Waals surface area contributed by atoms with Gasteiger partial charge >= 0.3 is 0 Å². The fraction of sp³-hybridized carbons (Fsp3) is 1.00. The van der Waals surface area contributed by atoms with E-state index >= 15 is 0 Å². The first-order valence-electron chi connectivity index (χ1n) is 7.75. The first-order chi connectivity index (χ1) is 9.40. The van der Waals surface area contributed by atoms with E-state index < -0.39 is 10.0 Å². The Morgan fingerprint density at radius 1 is 1.15 bits per heavy atom. The van der Waals surface area contributed by atoms with Gasteiger partial charge in [-0.3, -0.25) is 0 Å². The largest absolute Gasteiger partial charge is 0.393 e. The zero-order chi connectivity index (χ0) is 14.8. The van der Waals surface area contributed by atoms with Crippen molar-refractivity contribution in [3.63, 3.8) is 0 Å². The summed E-state index contributed by atoms with van der Waals surface area (Å²) in [5.74, 6) is 1.11. The van der Waals surface area contributed by atoms with Gasteiger partial charge in [0.2, 0.25) is 10.0 Å². The molecule has 2 fully saturated rings. The molecule has 1 aliphatic carbocycles. The maximum Gasteiger partial charge on any atom is 0.211 e. The molecule has 0 radical (unpaired) electrons. The van der Waals surface area contributed by atoms with Crippen molar-refractivity contribution in [2.75, 3.05) is 39.0 Å². The smallest absolute Gasteiger partial charge is 0.211 e. The van der Waals surface area contributed by atoms with Crippen LogP contribution in [0.15, 0.2) is 0 Å². The molecule has 5 nitrogen and oxygen atoms in total. The molecule has 0 bridgehead atoms. The van der Waals surface area contributed by atoms with Crippen molar-refractivity contribution in [1.82, 2.24) is 9.21 Å². The van der Waals surface area contributed by atoms with Crippen molar-refractivity contribution in [3.8, 4) is 0 Å². The first kappa shape index (κ1) is 16.2. The van der Waals surface area contributed by atoms with E-state index in [1.165, 1.54) is 12.7 Å². The second kappa shape index (κ2) is 6.73. The number of hydrogen-bond donors (Lipinski definition) is 1. The van der Waals surface area contributed by atoms with Crippen LogP contribution in [0.5, 0.6) is 0 Å². The lowest BCUT2D eigenvalue weighted by atomic mass is 9.78. The summed E-state index contributed by atoms with van der Waals surface area (Å²) in [6.45, 7) is 5.87. The van der Waals surface area contributed by atoms with Crippen LogP contribution >= 0.6 is 0 Å². The van der Waals surface area contributed by atoms with Crippen LogP contribution in [0.4, 0.5) is 0 Å². The third kappa shape index (κ3) is 4.16. The standard InChI is InChI=1S/C14H28N2O3S/c1-3-12-4-5-14(17)13(10-12)11-15-6-8-16(9-7-15)20(2,18)19/h12-14,17H,3-11H2,1-2H3. The van der Waals surface area contributed by atoms with Gasteiger partial charge in [-0.2, -0.15) is 4.31 Å². The second-order valence-corrected chi connectivity index (χ2v) is 8.36. The molecule has 1 aliphatic heterocycles. The Morgan fingerprint density at radius 3 is 2.35 bits per heavy atom. The average Bonchev–Trinajstić information content (AvgIpc) is 2.41. The number of piperazine rings is 1. The molecule has 0 spiro atoms. The van der Waals surface area contributed by atoms with E-state index in [-0.39, 0.29) is 6.10 Å². The highest BCUT2D eigenvalue weighted by molar-refractivity contribution is 7.88. The number of sulfonamides is 1. The van der Waals surface area contributed by atoms with E-state index in [2.05, 4.69) is 11.8 Å². The molecule has 3 atom stereocenters. The van der Waals surface area contributed by atoms with Gasteiger partial charge in [-0.05, 0) is 31.1 Å². The van der Waals surface area contributed by atoms with Gasteiger partial charge < -0.3 is 10.0 Å². The first-order valence-corrected chi connectivity index (χ1v) is 9.60.